The number of nitrogens with zero attached hydrogens (tertiary/aromatic N) is 2. The summed E-state index contributed by atoms with van der Waals surface area (Å²) in [6.45, 7) is 7.65. The normalized spacial score (nSPS) is 30.4. The highest BCUT2D eigenvalue weighted by molar-refractivity contribution is 7.93. The Balaban J connectivity index is 1.65. The van der Waals surface area contributed by atoms with Crippen molar-refractivity contribution >= 4 is 33.0 Å². The van der Waals surface area contributed by atoms with Gasteiger partial charge >= 0.3 is 6.03 Å². The number of amides is 2. The number of nitrogens with one attached hydrogen (secondary N) is 1. The van der Waals surface area contributed by atoms with Gasteiger partial charge in [-0.3, -0.25) is 4.99 Å². The number of aliphatic hydroxyl groups is 1. The molecule has 2 saturated carbocycles. The van der Waals surface area contributed by atoms with Crippen LogP contribution in [0.3, 0.4) is 0 Å². The minimum atomic E-state index is -3.41. The number of carbonyl (C=O) groups is 1. The van der Waals surface area contributed by atoms with Crippen LogP contribution in [0.25, 0.3) is 0 Å². The first-order chi connectivity index (χ1) is 13.9. The Bertz CT molecular complexity index is 1070. The lowest BCUT2D eigenvalue weighted by Gasteiger charge is -2.38. The van der Waals surface area contributed by atoms with Crippen molar-refractivity contribution in [3.8, 4) is 0 Å². The number of rotatable bonds is 3. The lowest BCUT2D eigenvalue weighted by Crippen LogP contribution is -2.42. The SMILES string of the molecule is CC1CCC2(C)C(NC(=O)N=S(N)(=O)c3cc(C(C)(C)O)cs3)=C3CCCC3=NC12. The maximum absolute atomic E-state index is 13.0. The average Bonchev–Trinajstić information content (AvgIpc) is 3.35. The molecule has 7 nitrogen and oxygen atoms in total. The number of thiophene rings is 1. The van der Waals surface area contributed by atoms with Crippen molar-refractivity contribution in [2.24, 2.45) is 25.8 Å². The molecule has 1 aromatic heterocycles. The van der Waals surface area contributed by atoms with Crippen LogP contribution in [0.2, 0.25) is 0 Å². The lowest BCUT2D eigenvalue weighted by molar-refractivity contribution is 0.0789. The van der Waals surface area contributed by atoms with Gasteiger partial charge in [0.05, 0.1) is 11.6 Å². The van der Waals surface area contributed by atoms with Crippen molar-refractivity contribution in [1.29, 1.82) is 0 Å². The van der Waals surface area contributed by atoms with Crippen molar-refractivity contribution < 1.29 is 14.1 Å². The summed E-state index contributed by atoms with van der Waals surface area (Å²) < 4.78 is 17.1. The second-order valence-corrected chi connectivity index (χ2v) is 12.4. The highest BCUT2D eigenvalue weighted by atomic mass is 32.2. The predicted octanol–water partition coefficient (Wildman–Crippen LogP) is 4.08. The van der Waals surface area contributed by atoms with Crippen molar-refractivity contribution in [3.05, 3.63) is 28.3 Å². The van der Waals surface area contributed by atoms with Crippen LogP contribution in [0.15, 0.2) is 36.3 Å². The molecular formula is C21H30N4O3S2. The molecule has 0 spiro atoms. The van der Waals surface area contributed by atoms with E-state index >= 15 is 0 Å². The smallest absolute Gasteiger partial charge is 0.354 e. The van der Waals surface area contributed by atoms with E-state index in [2.05, 4.69) is 23.5 Å². The van der Waals surface area contributed by atoms with Gasteiger partial charge < -0.3 is 10.4 Å². The molecule has 4 rings (SSSR count). The van der Waals surface area contributed by atoms with E-state index in [0.717, 1.165) is 60.4 Å². The zero-order valence-electron chi connectivity index (χ0n) is 17.9. The third-order valence-corrected chi connectivity index (χ3v) is 9.55. The first-order valence-corrected chi connectivity index (χ1v) is 12.9. The number of hydrogen-bond acceptors (Lipinski definition) is 5. The summed E-state index contributed by atoms with van der Waals surface area (Å²) in [5.74, 6) is 0.457. The molecule has 2 aliphatic carbocycles. The van der Waals surface area contributed by atoms with Crippen LogP contribution in [-0.4, -0.2) is 27.1 Å². The summed E-state index contributed by atoms with van der Waals surface area (Å²) in [4.78, 5) is 17.9. The molecule has 0 aromatic carbocycles. The Hall–Kier alpha value is -1.55. The zero-order valence-corrected chi connectivity index (χ0v) is 19.5. The van der Waals surface area contributed by atoms with E-state index in [1.54, 1.807) is 25.3 Å². The number of dihydropyridines is 1. The summed E-state index contributed by atoms with van der Waals surface area (Å²) in [6.07, 6.45) is 4.87. The standard InChI is InChI=1S/C21H30N4O3S2/c1-12-8-9-21(4)17(12)23-15-7-5-6-14(15)18(21)24-19(26)25-30(22,28)16-10-13(11-29-16)20(2,3)27/h10-12,17,27H,5-9H2,1-4H3,(H3,22,24,25,26,28). The number of hydrogen-bond donors (Lipinski definition) is 3. The molecule has 30 heavy (non-hydrogen) atoms. The number of fused-ring (bicyclic) bond motifs is 2. The Morgan fingerprint density at radius 3 is 2.87 bits per heavy atom. The van der Waals surface area contributed by atoms with Gasteiger partial charge in [-0.1, -0.05) is 13.8 Å². The molecule has 0 radical (unpaired) electrons. The van der Waals surface area contributed by atoms with Gasteiger partial charge in [0.15, 0.2) is 9.92 Å². The fraction of sp³-hybridized carbons (Fsp3) is 0.619. The van der Waals surface area contributed by atoms with Crippen molar-refractivity contribution in [2.75, 3.05) is 0 Å². The summed E-state index contributed by atoms with van der Waals surface area (Å²) in [7, 11) is -3.41. The van der Waals surface area contributed by atoms with E-state index < -0.39 is 21.5 Å². The molecule has 9 heteroatoms. The predicted molar refractivity (Wildman–Crippen MR) is 120 cm³/mol. The maximum Gasteiger partial charge on any atom is 0.354 e. The number of urea groups is 1. The largest absolute Gasteiger partial charge is 0.386 e. The minimum absolute atomic E-state index is 0.151. The third-order valence-electron chi connectivity index (χ3n) is 6.69. The second kappa shape index (κ2) is 7.25. The number of aliphatic imine (C=N–C) groups is 1. The third kappa shape index (κ3) is 3.66. The van der Waals surface area contributed by atoms with Crippen molar-refractivity contribution in [1.82, 2.24) is 5.32 Å². The minimum Gasteiger partial charge on any atom is -0.386 e. The quantitative estimate of drug-likeness (QED) is 0.644. The summed E-state index contributed by atoms with van der Waals surface area (Å²) in [5, 5.41) is 20.8. The van der Waals surface area contributed by atoms with Crippen molar-refractivity contribution in [3.63, 3.8) is 0 Å². The van der Waals surface area contributed by atoms with Gasteiger partial charge in [-0.05, 0) is 74.5 Å². The van der Waals surface area contributed by atoms with Gasteiger partial charge in [0, 0.05) is 16.8 Å². The summed E-state index contributed by atoms with van der Waals surface area (Å²) in [5.41, 5.74) is 2.39. The van der Waals surface area contributed by atoms with E-state index in [9.17, 15) is 14.1 Å². The fourth-order valence-electron chi connectivity index (χ4n) is 4.96. The Morgan fingerprint density at radius 2 is 2.20 bits per heavy atom. The second-order valence-electron chi connectivity index (χ2n) is 9.46. The van der Waals surface area contributed by atoms with E-state index in [1.165, 1.54) is 0 Å². The highest BCUT2D eigenvalue weighted by Crippen LogP contribution is 2.52. The molecule has 2 heterocycles. The molecule has 2 fully saturated rings. The molecule has 0 saturated heterocycles. The van der Waals surface area contributed by atoms with E-state index in [4.69, 9.17) is 10.1 Å². The molecule has 3 aliphatic rings. The van der Waals surface area contributed by atoms with Crippen LogP contribution in [0.5, 0.6) is 0 Å². The van der Waals surface area contributed by atoms with Gasteiger partial charge in [0.1, 0.15) is 4.21 Å². The first-order valence-electron chi connectivity index (χ1n) is 10.4. The monoisotopic (exact) mass is 450 g/mol. The average molecular weight is 451 g/mol. The van der Waals surface area contributed by atoms with Crippen LogP contribution in [0.4, 0.5) is 4.79 Å². The van der Waals surface area contributed by atoms with Crippen LogP contribution < -0.4 is 10.5 Å². The fourth-order valence-corrected chi connectivity index (χ4v) is 7.24. The molecule has 4 atom stereocenters. The van der Waals surface area contributed by atoms with Crippen molar-refractivity contribution in [2.45, 2.75) is 75.7 Å². The Kier molecular flexibility index (Phi) is 5.24. The molecule has 1 aromatic rings. The summed E-state index contributed by atoms with van der Waals surface area (Å²) in [6, 6.07) is 1.03. The number of nitrogens with two attached hydrogens (primary N) is 1. The van der Waals surface area contributed by atoms with Crippen LogP contribution in [0, 0.1) is 11.3 Å². The van der Waals surface area contributed by atoms with Gasteiger partial charge in [-0.25, -0.2) is 14.1 Å². The topological polar surface area (TPSA) is 117 Å². The molecular weight excluding hydrogens is 420 g/mol. The lowest BCUT2D eigenvalue weighted by atomic mass is 9.75. The highest BCUT2D eigenvalue weighted by Gasteiger charge is 2.50. The van der Waals surface area contributed by atoms with Gasteiger partial charge in [0.2, 0.25) is 0 Å². The first kappa shape index (κ1) is 21.7. The van der Waals surface area contributed by atoms with Gasteiger partial charge in [-0.15, -0.1) is 15.7 Å². The molecule has 4 unspecified atom stereocenters. The van der Waals surface area contributed by atoms with E-state index in [1.807, 2.05) is 0 Å². The molecule has 0 bridgehead atoms. The van der Waals surface area contributed by atoms with Crippen LogP contribution >= 0.6 is 11.3 Å². The Labute approximate surface area is 182 Å². The molecule has 164 valence electrons. The van der Waals surface area contributed by atoms with Gasteiger partial charge in [-0.2, -0.15) is 0 Å². The number of carbonyl (C=O) groups excluding carboxylic acids is 1. The number of allylic oxidation sites excluding steroid dienone is 1. The maximum atomic E-state index is 13.0. The summed E-state index contributed by atoms with van der Waals surface area (Å²) >= 11 is 1.14. The van der Waals surface area contributed by atoms with E-state index in [0.29, 0.717) is 11.5 Å². The zero-order chi connectivity index (χ0) is 21.9. The molecule has 2 amide bonds. The van der Waals surface area contributed by atoms with Crippen LogP contribution in [-0.2, 0) is 15.5 Å². The van der Waals surface area contributed by atoms with Gasteiger partial charge in [0.25, 0.3) is 0 Å². The van der Waals surface area contributed by atoms with E-state index in [-0.39, 0.29) is 15.7 Å². The molecule has 1 aliphatic heterocycles. The van der Waals surface area contributed by atoms with Crippen LogP contribution in [0.1, 0.15) is 65.4 Å². The molecule has 4 N–H and O–H groups in total. The Morgan fingerprint density at radius 1 is 1.47 bits per heavy atom.